The summed E-state index contributed by atoms with van der Waals surface area (Å²) in [7, 11) is -0.173. The Kier molecular flexibility index (Phi) is 7.21. The van der Waals surface area contributed by atoms with Gasteiger partial charge < -0.3 is 22.4 Å². The molecule has 0 radical (unpaired) electrons. The first-order chi connectivity index (χ1) is 32.2. The molecule has 13 aromatic rings. The maximum atomic E-state index is 6.76. The van der Waals surface area contributed by atoms with E-state index < -0.39 is 0 Å². The second-order valence-electron chi connectivity index (χ2n) is 17.3. The van der Waals surface area contributed by atoms with Gasteiger partial charge in [-0.15, -0.1) is 10.5 Å². The highest BCUT2D eigenvalue weighted by molar-refractivity contribution is 8.16. The van der Waals surface area contributed by atoms with E-state index in [1.807, 2.05) is 0 Å². The summed E-state index contributed by atoms with van der Waals surface area (Å²) in [5, 5.41) is 11.5. The normalized spacial score (nSPS) is 16.6. The van der Waals surface area contributed by atoms with Gasteiger partial charge in [-0.2, -0.15) is 0 Å². The van der Waals surface area contributed by atoms with E-state index in [4.69, 9.17) is 13.3 Å². The number of hydrogen-bond acceptors (Lipinski definition) is 3. The molecule has 1 atom stereocenters. The maximum Gasteiger partial charge on any atom is 0.178 e. The monoisotopic (exact) mass is 852 g/mol. The van der Waals surface area contributed by atoms with Crippen LogP contribution in [0.4, 0.5) is 0 Å². The fraction of sp³-hybridized carbons (Fsp3) is 0.0339. The van der Waals surface area contributed by atoms with Gasteiger partial charge in [0.1, 0.15) is 16.7 Å². The minimum Gasteiger partial charge on any atom is -0.452 e. The number of aromatic nitrogens is 2. The second-order valence-corrected chi connectivity index (χ2v) is 19.3. The predicted octanol–water partition coefficient (Wildman–Crippen LogP) is 16.4. The standard InChI is InChI=1S/C59H36N2O3S/c1-5-15-50-40(11-1)41-12-2-6-16-51(41)60(50)37-10-9-31-65-39(23-21-37)24-25-46-48-33-36(20-29-56(48)64-59(46)65)35-19-28-54-47(32-35)44-26-27-45-49-34-38(22-30-55(49)63-58(45)57(44)62-54)61-52-17-7-3-13-42(52)43-14-4-8-18-53(43)61/h1-22,24-30,32-34H,23,31H2/b10-9-,37-21+. The van der Waals surface area contributed by atoms with Crippen molar-refractivity contribution in [3.63, 3.8) is 0 Å². The molecular weight excluding hydrogens is 817 g/mol. The molecule has 0 saturated carbocycles. The van der Waals surface area contributed by atoms with Crippen LogP contribution in [0.2, 0.25) is 0 Å². The van der Waals surface area contributed by atoms with Crippen molar-refractivity contribution in [3.8, 4) is 16.8 Å². The first kappa shape index (κ1) is 35.4. The molecule has 5 aromatic heterocycles. The van der Waals surface area contributed by atoms with E-state index in [0.717, 1.165) is 88.9 Å². The zero-order valence-corrected chi connectivity index (χ0v) is 35.7. The average molecular weight is 853 g/mol. The van der Waals surface area contributed by atoms with E-state index >= 15 is 0 Å². The van der Waals surface area contributed by atoms with Crippen molar-refractivity contribution in [2.75, 3.05) is 5.75 Å². The molecule has 0 bridgehead atoms. The van der Waals surface area contributed by atoms with Gasteiger partial charge in [-0.3, -0.25) is 0 Å². The van der Waals surface area contributed by atoms with Crippen LogP contribution in [0.15, 0.2) is 206 Å². The molecule has 0 fully saturated rings. The molecular formula is C59H36N2O3S. The van der Waals surface area contributed by atoms with Crippen LogP contribution in [0.5, 0.6) is 0 Å². The van der Waals surface area contributed by atoms with Crippen LogP contribution in [0.25, 0.3) is 127 Å². The fourth-order valence-electron chi connectivity index (χ4n) is 10.8. The van der Waals surface area contributed by atoms with Gasteiger partial charge in [-0.25, -0.2) is 0 Å². The molecule has 0 aliphatic carbocycles. The molecule has 65 heavy (non-hydrogen) atoms. The Balaban J connectivity index is 0.788. The fourth-order valence-corrected chi connectivity index (χ4v) is 12.9. The van der Waals surface area contributed by atoms with Gasteiger partial charge in [-0.1, -0.05) is 103 Å². The first-order valence-electron chi connectivity index (χ1n) is 22.2. The van der Waals surface area contributed by atoms with Crippen LogP contribution in [0, 0.1) is 0 Å². The summed E-state index contributed by atoms with van der Waals surface area (Å²) in [4.78, 5) is 1.40. The zero-order chi connectivity index (χ0) is 42.3. The summed E-state index contributed by atoms with van der Waals surface area (Å²) in [6.07, 6.45) is 12.5. The van der Waals surface area contributed by atoms with Gasteiger partial charge in [0.25, 0.3) is 0 Å². The molecule has 2 aliphatic heterocycles. The van der Waals surface area contributed by atoms with Crippen LogP contribution in [0.3, 0.4) is 0 Å². The largest absolute Gasteiger partial charge is 0.452 e. The number of benzene rings is 8. The highest BCUT2D eigenvalue weighted by atomic mass is 32.2. The maximum absolute atomic E-state index is 6.76. The summed E-state index contributed by atoms with van der Waals surface area (Å²) < 4.78 is 24.8. The topological polar surface area (TPSA) is 49.3 Å². The Morgan fingerprint density at radius 1 is 0.415 bits per heavy atom. The summed E-state index contributed by atoms with van der Waals surface area (Å²) in [5.41, 5.74) is 14.7. The molecule has 6 heteroatoms. The smallest absolute Gasteiger partial charge is 0.178 e. The van der Waals surface area contributed by atoms with E-state index in [1.54, 1.807) is 0 Å². The summed E-state index contributed by atoms with van der Waals surface area (Å²) in [6.45, 7) is 0. The van der Waals surface area contributed by atoms with Crippen molar-refractivity contribution in [1.29, 1.82) is 0 Å². The highest BCUT2D eigenvalue weighted by Crippen LogP contribution is 2.46. The third kappa shape index (κ3) is 5.03. The zero-order valence-electron chi connectivity index (χ0n) is 34.9. The van der Waals surface area contributed by atoms with Crippen molar-refractivity contribution < 1.29 is 13.3 Å². The van der Waals surface area contributed by atoms with Crippen molar-refractivity contribution >= 4 is 126 Å². The lowest BCUT2D eigenvalue weighted by Crippen LogP contribution is -2.04. The lowest BCUT2D eigenvalue weighted by Gasteiger charge is -2.18. The molecule has 1 unspecified atom stereocenters. The third-order valence-corrected chi connectivity index (χ3v) is 16.0. The SMILES string of the molecule is C1=Cc2c(oc3ccc(-c4ccc5oc6c(ccc7c8cc(-n9c%10ccccc%10c%10ccccc%109)ccc8oc76)c5c4)cc23)S2=C1C/C=C(n1c3ccccc3c3ccccc31)\C=C/C2. The molecule has 15 rings (SSSR count). The van der Waals surface area contributed by atoms with E-state index in [-0.39, 0.29) is 10.5 Å². The van der Waals surface area contributed by atoms with E-state index in [2.05, 4.69) is 203 Å². The van der Waals surface area contributed by atoms with Gasteiger partial charge in [0.05, 0.1) is 22.1 Å². The van der Waals surface area contributed by atoms with Crippen LogP contribution >= 0.6 is 10.5 Å². The minimum atomic E-state index is -0.173. The molecule has 0 amide bonds. The average Bonchev–Trinajstić information content (AvgIpc) is 4.16. The molecule has 0 saturated heterocycles. The molecule has 5 nitrogen and oxygen atoms in total. The second kappa shape index (κ2) is 13.2. The van der Waals surface area contributed by atoms with Crippen molar-refractivity contribution in [2.45, 2.75) is 11.5 Å². The number of rotatable bonds is 3. The number of nitrogens with zero attached hydrogens (tertiary/aromatic N) is 2. The lowest BCUT2D eigenvalue weighted by molar-refractivity contribution is 0.513. The van der Waals surface area contributed by atoms with Crippen molar-refractivity contribution in [1.82, 2.24) is 9.13 Å². The molecule has 2 aliphatic rings. The third-order valence-electron chi connectivity index (χ3n) is 13.8. The Morgan fingerprint density at radius 3 is 1.55 bits per heavy atom. The molecule has 306 valence electrons. The van der Waals surface area contributed by atoms with E-state index in [9.17, 15) is 0 Å². The molecule has 8 aromatic carbocycles. The highest BCUT2D eigenvalue weighted by Gasteiger charge is 2.24. The molecule has 7 heterocycles. The quantitative estimate of drug-likeness (QED) is 0.166. The van der Waals surface area contributed by atoms with Crippen molar-refractivity contribution in [3.05, 3.63) is 194 Å². The Hall–Kier alpha value is -8.06. The van der Waals surface area contributed by atoms with E-state index in [0.29, 0.717) is 0 Å². The lowest BCUT2D eigenvalue weighted by atomic mass is 10.00. The van der Waals surface area contributed by atoms with E-state index in [1.165, 1.54) is 59.7 Å². The number of fused-ring (bicyclic) bond motifs is 17. The van der Waals surface area contributed by atoms with Gasteiger partial charge >= 0.3 is 0 Å². The van der Waals surface area contributed by atoms with Gasteiger partial charge in [-0.05, 0) is 113 Å². The van der Waals surface area contributed by atoms with Crippen molar-refractivity contribution in [2.24, 2.45) is 0 Å². The number of hydrogen-bond donors (Lipinski definition) is 0. The van der Waals surface area contributed by atoms with Gasteiger partial charge in [0.15, 0.2) is 16.3 Å². The number of allylic oxidation sites excluding steroid dienone is 4. The molecule has 0 N–H and O–H groups in total. The van der Waals surface area contributed by atoms with Crippen LogP contribution in [-0.2, 0) is 0 Å². The predicted molar refractivity (Wildman–Crippen MR) is 273 cm³/mol. The minimum absolute atomic E-state index is 0.173. The number of furan rings is 3. The van der Waals surface area contributed by atoms with Gasteiger partial charge in [0, 0.05) is 71.2 Å². The Bertz CT molecular complexity index is 4260. The first-order valence-corrected chi connectivity index (χ1v) is 23.6. The Labute approximate surface area is 373 Å². The summed E-state index contributed by atoms with van der Waals surface area (Å²) >= 11 is 0. The summed E-state index contributed by atoms with van der Waals surface area (Å²) in [5.74, 6) is 0.902. The van der Waals surface area contributed by atoms with Crippen LogP contribution in [-0.4, -0.2) is 19.8 Å². The van der Waals surface area contributed by atoms with Crippen LogP contribution in [0.1, 0.15) is 12.0 Å². The summed E-state index contributed by atoms with van der Waals surface area (Å²) in [6, 6.07) is 58.7. The Morgan fingerprint density at radius 2 is 0.938 bits per heavy atom. The molecule has 0 spiro atoms. The number of para-hydroxylation sites is 4. The van der Waals surface area contributed by atoms with Gasteiger partial charge in [0.2, 0.25) is 0 Å². The van der Waals surface area contributed by atoms with Crippen LogP contribution < -0.4 is 0 Å².